The van der Waals surface area contributed by atoms with Crippen LogP contribution in [0.4, 0.5) is 0 Å². The Morgan fingerprint density at radius 2 is 2.00 bits per heavy atom. The zero-order valence-corrected chi connectivity index (χ0v) is 16.9. The van der Waals surface area contributed by atoms with E-state index in [0.29, 0.717) is 32.2 Å². The first kappa shape index (κ1) is 19.5. The summed E-state index contributed by atoms with van der Waals surface area (Å²) in [7, 11) is 3.14. The smallest absolute Gasteiger partial charge is 0.271 e. The molecule has 1 aromatic heterocycles. The Balaban J connectivity index is 1.77. The van der Waals surface area contributed by atoms with Crippen molar-refractivity contribution in [3.8, 4) is 22.1 Å². The summed E-state index contributed by atoms with van der Waals surface area (Å²) in [4.78, 5) is 16.9. The van der Waals surface area contributed by atoms with Gasteiger partial charge < -0.3 is 14.8 Å². The summed E-state index contributed by atoms with van der Waals surface area (Å²) in [5.41, 5.74) is 1.87. The van der Waals surface area contributed by atoms with Gasteiger partial charge in [-0.15, -0.1) is 11.3 Å². The van der Waals surface area contributed by atoms with E-state index >= 15 is 0 Å². The molecule has 1 N–H and O–H groups in total. The van der Waals surface area contributed by atoms with Crippen LogP contribution in [0.25, 0.3) is 10.6 Å². The lowest BCUT2D eigenvalue weighted by Gasteiger charge is -2.10. The topological polar surface area (TPSA) is 60.5 Å². The monoisotopic (exact) mass is 422 g/mol. The second-order valence-corrected chi connectivity index (χ2v) is 7.20. The van der Waals surface area contributed by atoms with Gasteiger partial charge in [0.25, 0.3) is 5.91 Å². The average Bonchev–Trinajstić information content (AvgIpc) is 3.16. The highest BCUT2D eigenvalue weighted by Gasteiger charge is 2.17. The number of aromatic nitrogens is 1. The number of rotatable bonds is 6. The maximum atomic E-state index is 12.4. The minimum atomic E-state index is -0.287. The van der Waals surface area contributed by atoms with Crippen molar-refractivity contribution < 1.29 is 14.3 Å². The van der Waals surface area contributed by atoms with Gasteiger partial charge in [0.2, 0.25) is 0 Å². The molecule has 0 saturated carbocycles. The van der Waals surface area contributed by atoms with Crippen molar-refractivity contribution in [2.75, 3.05) is 14.2 Å². The van der Waals surface area contributed by atoms with Crippen LogP contribution in [-0.4, -0.2) is 25.1 Å². The molecule has 8 heteroatoms. The fourth-order valence-electron chi connectivity index (χ4n) is 2.49. The number of hydrogen-bond donors (Lipinski definition) is 1. The Bertz CT molecular complexity index is 975. The predicted octanol–water partition coefficient (Wildman–Crippen LogP) is 5.06. The summed E-state index contributed by atoms with van der Waals surface area (Å²) in [6, 6.07) is 10.7. The molecule has 0 aliphatic carbocycles. The summed E-state index contributed by atoms with van der Waals surface area (Å²) in [5.74, 6) is 0.896. The SMILES string of the molecule is COc1cccc(-c2nc(C(=O)NCc3ccc(Cl)cc3Cl)cs2)c1OC. The minimum absolute atomic E-state index is 0.282. The number of thiazole rings is 1. The fraction of sp³-hybridized carbons (Fsp3) is 0.158. The number of carbonyl (C=O) groups is 1. The maximum Gasteiger partial charge on any atom is 0.271 e. The molecule has 0 fully saturated rings. The van der Waals surface area contributed by atoms with E-state index in [2.05, 4.69) is 10.3 Å². The summed E-state index contributed by atoms with van der Waals surface area (Å²) in [5, 5.41) is 6.23. The molecule has 0 spiro atoms. The van der Waals surface area contributed by atoms with E-state index in [1.165, 1.54) is 11.3 Å². The first-order chi connectivity index (χ1) is 13.0. The van der Waals surface area contributed by atoms with E-state index < -0.39 is 0 Å². The molecule has 3 rings (SSSR count). The van der Waals surface area contributed by atoms with Gasteiger partial charge in [0.05, 0.1) is 19.8 Å². The first-order valence-electron chi connectivity index (χ1n) is 7.92. The van der Waals surface area contributed by atoms with Crippen LogP contribution in [0.1, 0.15) is 16.1 Å². The number of nitrogens with zero attached hydrogens (tertiary/aromatic N) is 1. The molecule has 0 aliphatic heterocycles. The number of nitrogens with one attached hydrogen (secondary N) is 1. The lowest BCUT2D eigenvalue weighted by molar-refractivity contribution is 0.0946. The normalized spacial score (nSPS) is 10.5. The number of halogens is 2. The van der Waals surface area contributed by atoms with Crippen molar-refractivity contribution in [3.63, 3.8) is 0 Å². The zero-order chi connectivity index (χ0) is 19.4. The van der Waals surface area contributed by atoms with Crippen LogP contribution in [0.2, 0.25) is 10.0 Å². The molecule has 0 aliphatic rings. The molecule has 1 heterocycles. The van der Waals surface area contributed by atoms with Crippen molar-refractivity contribution >= 4 is 40.4 Å². The van der Waals surface area contributed by atoms with Crippen LogP contribution in [0.5, 0.6) is 11.5 Å². The molecule has 27 heavy (non-hydrogen) atoms. The number of hydrogen-bond acceptors (Lipinski definition) is 5. The zero-order valence-electron chi connectivity index (χ0n) is 14.6. The molecule has 0 saturated heterocycles. The highest BCUT2D eigenvalue weighted by atomic mass is 35.5. The van der Waals surface area contributed by atoms with E-state index in [-0.39, 0.29) is 12.5 Å². The van der Waals surface area contributed by atoms with Gasteiger partial charge in [0.15, 0.2) is 11.5 Å². The molecule has 5 nitrogen and oxygen atoms in total. The van der Waals surface area contributed by atoms with E-state index in [0.717, 1.165) is 11.1 Å². The number of benzene rings is 2. The minimum Gasteiger partial charge on any atom is -0.493 e. The van der Waals surface area contributed by atoms with Gasteiger partial charge in [-0.25, -0.2) is 4.98 Å². The van der Waals surface area contributed by atoms with Crippen molar-refractivity contribution in [1.82, 2.24) is 10.3 Å². The van der Waals surface area contributed by atoms with Crippen LogP contribution in [-0.2, 0) is 6.54 Å². The highest BCUT2D eigenvalue weighted by molar-refractivity contribution is 7.13. The first-order valence-corrected chi connectivity index (χ1v) is 9.56. The number of ether oxygens (including phenoxy) is 2. The molecule has 140 valence electrons. The summed E-state index contributed by atoms with van der Waals surface area (Å²) < 4.78 is 10.7. The lowest BCUT2D eigenvalue weighted by Crippen LogP contribution is -2.23. The molecule has 0 unspecified atom stereocenters. The number of para-hydroxylation sites is 1. The van der Waals surface area contributed by atoms with Gasteiger partial charge in [-0.05, 0) is 29.8 Å². The molecule has 0 bridgehead atoms. The number of methoxy groups -OCH3 is 2. The van der Waals surface area contributed by atoms with Gasteiger partial charge in [0, 0.05) is 22.0 Å². The standard InChI is InChI=1S/C19H16Cl2N2O3S/c1-25-16-5-3-4-13(17(16)26-2)19-23-15(10-27-19)18(24)22-9-11-6-7-12(20)8-14(11)21/h3-8,10H,9H2,1-2H3,(H,22,24). The van der Waals surface area contributed by atoms with Crippen molar-refractivity contribution in [2.24, 2.45) is 0 Å². The van der Waals surface area contributed by atoms with Crippen LogP contribution < -0.4 is 14.8 Å². The Morgan fingerprint density at radius 1 is 1.19 bits per heavy atom. The largest absolute Gasteiger partial charge is 0.493 e. The quantitative estimate of drug-likeness (QED) is 0.602. The molecular weight excluding hydrogens is 407 g/mol. The Morgan fingerprint density at radius 3 is 2.70 bits per heavy atom. The third kappa shape index (κ3) is 4.35. The maximum absolute atomic E-state index is 12.4. The number of amides is 1. The molecular formula is C19H16Cl2N2O3S. The van der Waals surface area contributed by atoms with E-state index in [1.54, 1.807) is 43.9 Å². The Hall–Kier alpha value is -2.28. The molecule has 3 aromatic rings. The molecule has 0 radical (unpaired) electrons. The summed E-state index contributed by atoms with van der Waals surface area (Å²) in [6.07, 6.45) is 0. The molecule has 2 aromatic carbocycles. The second kappa shape index (κ2) is 8.61. The Kier molecular flexibility index (Phi) is 6.21. The molecule has 0 atom stereocenters. The summed E-state index contributed by atoms with van der Waals surface area (Å²) in [6.45, 7) is 0.282. The Labute approximate surface area is 170 Å². The van der Waals surface area contributed by atoms with Crippen LogP contribution in [0.3, 0.4) is 0 Å². The van der Waals surface area contributed by atoms with Gasteiger partial charge in [-0.3, -0.25) is 4.79 Å². The van der Waals surface area contributed by atoms with E-state index in [4.69, 9.17) is 32.7 Å². The molecule has 1 amide bonds. The van der Waals surface area contributed by atoms with Gasteiger partial charge in [-0.2, -0.15) is 0 Å². The van der Waals surface area contributed by atoms with Crippen LogP contribution in [0.15, 0.2) is 41.8 Å². The lowest BCUT2D eigenvalue weighted by atomic mass is 10.2. The van der Waals surface area contributed by atoms with Gasteiger partial charge in [-0.1, -0.05) is 35.3 Å². The third-order valence-electron chi connectivity index (χ3n) is 3.82. The van der Waals surface area contributed by atoms with Gasteiger partial charge in [0.1, 0.15) is 10.7 Å². The van der Waals surface area contributed by atoms with Crippen LogP contribution >= 0.6 is 34.5 Å². The van der Waals surface area contributed by atoms with Crippen LogP contribution in [0, 0.1) is 0 Å². The van der Waals surface area contributed by atoms with Gasteiger partial charge >= 0.3 is 0 Å². The van der Waals surface area contributed by atoms with E-state index in [9.17, 15) is 4.79 Å². The van der Waals surface area contributed by atoms with Crippen molar-refractivity contribution in [2.45, 2.75) is 6.54 Å². The predicted molar refractivity (Wildman–Crippen MR) is 108 cm³/mol. The van der Waals surface area contributed by atoms with Crippen molar-refractivity contribution in [1.29, 1.82) is 0 Å². The highest BCUT2D eigenvalue weighted by Crippen LogP contribution is 2.38. The second-order valence-electron chi connectivity index (χ2n) is 5.50. The third-order valence-corrected chi connectivity index (χ3v) is 5.29. The van der Waals surface area contributed by atoms with E-state index in [1.807, 2.05) is 12.1 Å². The number of carbonyl (C=O) groups excluding carboxylic acids is 1. The fourth-order valence-corrected chi connectivity index (χ4v) is 3.79. The average molecular weight is 423 g/mol. The van der Waals surface area contributed by atoms with Crippen molar-refractivity contribution in [3.05, 3.63) is 63.1 Å². The summed E-state index contributed by atoms with van der Waals surface area (Å²) >= 11 is 13.4.